The summed E-state index contributed by atoms with van der Waals surface area (Å²) < 4.78 is 2.11. The van der Waals surface area contributed by atoms with Crippen LogP contribution in [0, 0.1) is 11.3 Å². The molecule has 0 saturated carbocycles. The molecule has 3 aliphatic rings. The Balaban J connectivity index is 1.47. The van der Waals surface area contributed by atoms with Crippen molar-refractivity contribution in [3.8, 4) is 6.07 Å². The topological polar surface area (TPSA) is 82.0 Å². The molecule has 1 aromatic carbocycles. The highest BCUT2D eigenvalue weighted by Gasteiger charge is 2.27. The number of nitrogens with one attached hydrogen (secondary N) is 2. The lowest BCUT2D eigenvalue weighted by atomic mass is 9.92. The molecule has 0 bridgehead atoms. The van der Waals surface area contributed by atoms with Gasteiger partial charge in [-0.2, -0.15) is 5.26 Å². The lowest BCUT2D eigenvalue weighted by Crippen LogP contribution is -2.28. The van der Waals surface area contributed by atoms with Gasteiger partial charge < -0.3 is 21.3 Å². The van der Waals surface area contributed by atoms with E-state index in [1.807, 2.05) is 55.4 Å². The number of fused-ring (bicyclic) bond motifs is 2. The summed E-state index contributed by atoms with van der Waals surface area (Å²) in [5.41, 5.74) is 15.6. The molecule has 5 rings (SSSR count). The van der Waals surface area contributed by atoms with Gasteiger partial charge in [0.25, 0.3) is 0 Å². The van der Waals surface area contributed by atoms with Gasteiger partial charge in [-0.15, -0.1) is 0 Å². The number of likely N-dealkylation sites (N-methyl/N-ethyl adjacent to an activating group) is 1. The Hall–Kier alpha value is -4.21. The number of benzene rings is 1. The average molecular weight is 477 g/mol. The third kappa shape index (κ3) is 4.08. The zero-order chi connectivity index (χ0) is 25.2. The normalized spacial score (nSPS) is 19.8. The maximum absolute atomic E-state index is 9.54. The van der Waals surface area contributed by atoms with Crippen LogP contribution in [0.4, 0.5) is 0 Å². The summed E-state index contributed by atoms with van der Waals surface area (Å²) in [7, 11) is 3.92. The standard InChI is InChI=1S/C30H32N6/c1-4-23-25-10-5-6-13-28(25)36(29(23)18-33-2)30(32)14-7-9-21-15-20-19-35(3)22(17-31)16-26(20)24-11-8-12-27(24)34-21/h4-10,12-14,16,21,33-34H,1,11,15,18-19,32H2,2-3H3/b9-7-,30-14+. The number of para-hydroxylation sites is 1. The number of hydrogen-bond acceptors (Lipinski definition) is 5. The maximum atomic E-state index is 9.54. The van der Waals surface area contributed by atoms with Gasteiger partial charge in [0, 0.05) is 48.5 Å². The predicted molar refractivity (Wildman–Crippen MR) is 148 cm³/mol. The number of nitrogens with zero attached hydrogens (tertiary/aromatic N) is 3. The number of rotatable bonds is 6. The number of allylic oxidation sites excluding steroid dienone is 8. The lowest BCUT2D eigenvalue weighted by molar-refractivity contribution is 0.450. The Morgan fingerprint density at radius 3 is 2.97 bits per heavy atom. The predicted octanol–water partition coefficient (Wildman–Crippen LogP) is 4.54. The fraction of sp³-hybridized carbons (Fsp3) is 0.233. The van der Waals surface area contributed by atoms with Crippen molar-refractivity contribution in [2.75, 3.05) is 20.6 Å². The summed E-state index contributed by atoms with van der Waals surface area (Å²) in [6.07, 6.45) is 16.3. The van der Waals surface area contributed by atoms with Gasteiger partial charge in [0.05, 0.1) is 5.52 Å². The van der Waals surface area contributed by atoms with Gasteiger partial charge in [-0.25, -0.2) is 0 Å². The van der Waals surface area contributed by atoms with E-state index in [9.17, 15) is 5.26 Å². The lowest BCUT2D eigenvalue weighted by Gasteiger charge is -2.27. The summed E-state index contributed by atoms with van der Waals surface area (Å²) in [6.45, 7) is 5.49. The number of hydrogen-bond donors (Lipinski definition) is 3. The Bertz CT molecular complexity index is 1450. The van der Waals surface area contributed by atoms with Crippen molar-refractivity contribution in [2.45, 2.75) is 25.4 Å². The number of aromatic nitrogens is 1. The molecule has 2 aliphatic heterocycles. The molecular formula is C30H32N6. The maximum Gasteiger partial charge on any atom is 0.117 e. The van der Waals surface area contributed by atoms with E-state index in [0.717, 1.165) is 47.2 Å². The second kappa shape index (κ2) is 9.80. The van der Waals surface area contributed by atoms with Crippen LogP contribution in [-0.2, 0) is 6.54 Å². The molecule has 36 heavy (non-hydrogen) atoms. The summed E-state index contributed by atoms with van der Waals surface area (Å²) >= 11 is 0. The third-order valence-electron chi connectivity index (χ3n) is 7.11. The van der Waals surface area contributed by atoms with Gasteiger partial charge in [-0.05, 0) is 60.9 Å². The Morgan fingerprint density at radius 2 is 2.19 bits per heavy atom. The molecule has 0 spiro atoms. The number of nitriles is 1. The van der Waals surface area contributed by atoms with Crippen molar-refractivity contribution >= 4 is 22.8 Å². The Labute approximate surface area is 212 Å². The molecule has 0 amide bonds. The second-order valence-corrected chi connectivity index (χ2v) is 9.39. The van der Waals surface area contributed by atoms with Gasteiger partial charge in [0.15, 0.2) is 0 Å². The average Bonchev–Trinajstić information content (AvgIpc) is 3.42. The SMILES string of the molecule is C=Cc1c(CNC)n(/C(N)=C/C=C\C2CC3=C(C=C(C#N)N(C)C3)C3=C(C=CC3)N2)c2ccccc12. The van der Waals surface area contributed by atoms with Crippen LogP contribution < -0.4 is 16.4 Å². The minimum Gasteiger partial charge on any atom is -0.385 e. The van der Waals surface area contributed by atoms with Crippen molar-refractivity contribution < 1.29 is 0 Å². The van der Waals surface area contributed by atoms with E-state index in [4.69, 9.17) is 5.73 Å². The largest absolute Gasteiger partial charge is 0.385 e. The fourth-order valence-corrected chi connectivity index (χ4v) is 5.47. The first-order chi connectivity index (χ1) is 17.5. The highest BCUT2D eigenvalue weighted by Crippen LogP contribution is 2.36. The van der Waals surface area contributed by atoms with E-state index in [1.165, 1.54) is 16.7 Å². The van der Waals surface area contributed by atoms with Crippen molar-refractivity contribution in [3.05, 3.63) is 107 Å². The molecule has 4 N–H and O–H groups in total. The van der Waals surface area contributed by atoms with Crippen molar-refractivity contribution in [1.29, 1.82) is 5.26 Å². The van der Waals surface area contributed by atoms with Gasteiger partial charge in [0.1, 0.15) is 17.6 Å². The molecular weight excluding hydrogens is 444 g/mol. The summed E-state index contributed by atoms with van der Waals surface area (Å²) in [4.78, 5) is 2.03. The number of nitrogens with two attached hydrogens (primary N) is 1. The molecule has 0 saturated heterocycles. The second-order valence-electron chi connectivity index (χ2n) is 9.39. The van der Waals surface area contributed by atoms with Crippen molar-refractivity contribution in [1.82, 2.24) is 20.1 Å². The first kappa shape index (κ1) is 23.5. The van der Waals surface area contributed by atoms with Crippen molar-refractivity contribution in [2.24, 2.45) is 5.73 Å². The summed E-state index contributed by atoms with van der Waals surface area (Å²) in [6, 6.07) is 10.7. The molecule has 0 fully saturated rings. The van der Waals surface area contributed by atoms with Gasteiger partial charge >= 0.3 is 0 Å². The highest BCUT2D eigenvalue weighted by molar-refractivity contribution is 5.93. The molecule has 1 aliphatic carbocycles. The van der Waals surface area contributed by atoms with Gasteiger partial charge in [0.2, 0.25) is 0 Å². The quantitative estimate of drug-likeness (QED) is 0.533. The van der Waals surface area contributed by atoms with Crippen molar-refractivity contribution in [3.63, 3.8) is 0 Å². The van der Waals surface area contributed by atoms with E-state index in [-0.39, 0.29) is 6.04 Å². The minimum absolute atomic E-state index is 0.127. The van der Waals surface area contributed by atoms with Crippen LogP contribution in [0.3, 0.4) is 0 Å². The van der Waals surface area contributed by atoms with E-state index in [0.29, 0.717) is 18.1 Å². The minimum atomic E-state index is 0.127. The van der Waals surface area contributed by atoms with E-state index in [2.05, 4.69) is 58.2 Å². The zero-order valence-corrected chi connectivity index (χ0v) is 20.9. The molecule has 6 nitrogen and oxygen atoms in total. The highest BCUT2D eigenvalue weighted by atomic mass is 15.1. The molecule has 1 aromatic heterocycles. The smallest absolute Gasteiger partial charge is 0.117 e. The summed E-state index contributed by atoms with van der Waals surface area (Å²) in [5.74, 6) is 0.661. The van der Waals surface area contributed by atoms with Crippen LogP contribution in [0.5, 0.6) is 0 Å². The van der Waals surface area contributed by atoms with Crippen LogP contribution in [0.15, 0.2) is 95.4 Å². The van der Waals surface area contributed by atoms with Gasteiger partial charge in [-0.3, -0.25) is 4.57 Å². The monoisotopic (exact) mass is 476 g/mol. The van der Waals surface area contributed by atoms with Crippen LogP contribution in [0.2, 0.25) is 0 Å². The molecule has 1 atom stereocenters. The van der Waals surface area contributed by atoms with Gasteiger partial charge in [-0.1, -0.05) is 49.1 Å². The van der Waals surface area contributed by atoms with E-state index < -0.39 is 0 Å². The van der Waals surface area contributed by atoms with E-state index >= 15 is 0 Å². The first-order valence-corrected chi connectivity index (χ1v) is 12.3. The molecule has 6 heteroatoms. The fourth-order valence-electron chi connectivity index (χ4n) is 5.47. The van der Waals surface area contributed by atoms with Crippen LogP contribution >= 0.6 is 0 Å². The molecule has 1 unspecified atom stereocenters. The Kier molecular flexibility index (Phi) is 6.41. The summed E-state index contributed by atoms with van der Waals surface area (Å²) in [5, 5.41) is 17.6. The van der Waals surface area contributed by atoms with Crippen LogP contribution in [0.1, 0.15) is 24.1 Å². The third-order valence-corrected chi connectivity index (χ3v) is 7.11. The van der Waals surface area contributed by atoms with Crippen LogP contribution in [0.25, 0.3) is 22.8 Å². The molecule has 182 valence electrons. The first-order valence-electron chi connectivity index (χ1n) is 12.3. The Morgan fingerprint density at radius 1 is 1.36 bits per heavy atom. The molecule has 2 aromatic rings. The molecule has 0 radical (unpaired) electrons. The molecule has 3 heterocycles. The zero-order valence-electron chi connectivity index (χ0n) is 20.9. The van der Waals surface area contributed by atoms with E-state index in [1.54, 1.807) is 0 Å². The van der Waals surface area contributed by atoms with Crippen LogP contribution in [-0.4, -0.2) is 36.1 Å².